The van der Waals surface area contributed by atoms with Crippen molar-refractivity contribution in [2.75, 3.05) is 7.11 Å². The summed E-state index contributed by atoms with van der Waals surface area (Å²) in [7, 11) is 0.978. The molecule has 1 rings (SSSR count). The topological polar surface area (TPSA) is 69.4 Å². The second-order valence-corrected chi connectivity index (χ2v) is 3.01. The Bertz CT molecular complexity index is 478. The molecule has 0 aliphatic carbocycles. The van der Waals surface area contributed by atoms with E-state index in [0.29, 0.717) is 6.07 Å². The van der Waals surface area contributed by atoms with Gasteiger partial charge in [-0.1, -0.05) is 11.6 Å². The van der Waals surface area contributed by atoms with Crippen molar-refractivity contribution in [3.63, 3.8) is 0 Å². The molecule has 0 heterocycles. The van der Waals surface area contributed by atoms with E-state index in [-0.39, 0.29) is 0 Å². The van der Waals surface area contributed by atoms with E-state index in [2.05, 4.69) is 4.74 Å². The van der Waals surface area contributed by atoms with Crippen LogP contribution >= 0.6 is 11.6 Å². The predicted molar refractivity (Wildman–Crippen MR) is 49.4 cm³/mol. The minimum atomic E-state index is -1.72. The van der Waals surface area contributed by atoms with E-state index < -0.39 is 38.8 Å². The van der Waals surface area contributed by atoms with Gasteiger partial charge in [0.2, 0.25) is 5.82 Å². The molecule has 0 N–H and O–H groups in total. The predicted octanol–water partition coefficient (Wildman–Crippen LogP) is 2.31. The molecule has 1 aromatic rings. The third-order valence-electron chi connectivity index (χ3n) is 1.72. The van der Waals surface area contributed by atoms with Crippen LogP contribution in [0.4, 0.5) is 14.5 Å². The van der Waals surface area contributed by atoms with Crippen molar-refractivity contribution >= 4 is 23.3 Å². The number of ether oxygens (including phenoxy) is 1. The lowest BCUT2D eigenvalue weighted by Gasteiger charge is -2.04. The van der Waals surface area contributed by atoms with Crippen LogP contribution < -0.4 is 0 Å². The molecule has 0 radical (unpaired) electrons. The third-order valence-corrected chi connectivity index (χ3v) is 2.10. The SMILES string of the molecule is COC(=O)c1cc(F)c(F)c([N+](=O)[O-])c1Cl. The molecule has 1 aromatic carbocycles. The number of methoxy groups -OCH3 is 1. The molecule has 0 bridgehead atoms. The Labute approximate surface area is 92.7 Å². The van der Waals surface area contributed by atoms with Crippen LogP contribution in [0.2, 0.25) is 5.02 Å². The lowest BCUT2D eigenvalue weighted by atomic mass is 10.2. The second-order valence-electron chi connectivity index (χ2n) is 2.63. The van der Waals surface area contributed by atoms with Gasteiger partial charge < -0.3 is 4.74 Å². The molecule has 86 valence electrons. The summed E-state index contributed by atoms with van der Waals surface area (Å²) in [5.74, 6) is -4.36. The van der Waals surface area contributed by atoms with Gasteiger partial charge in [0.25, 0.3) is 0 Å². The molecule has 0 saturated carbocycles. The van der Waals surface area contributed by atoms with Crippen molar-refractivity contribution in [3.05, 3.63) is 38.4 Å². The first kappa shape index (κ1) is 12.3. The van der Waals surface area contributed by atoms with Gasteiger partial charge in [0.15, 0.2) is 5.82 Å². The number of benzene rings is 1. The largest absolute Gasteiger partial charge is 0.465 e. The number of carbonyl (C=O) groups is 1. The zero-order chi connectivity index (χ0) is 12.5. The zero-order valence-electron chi connectivity index (χ0n) is 7.79. The van der Waals surface area contributed by atoms with Crippen LogP contribution in [-0.2, 0) is 4.74 Å². The van der Waals surface area contributed by atoms with Gasteiger partial charge in [-0.2, -0.15) is 4.39 Å². The van der Waals surface area contributed by atoms with Crippen molar-refractivity contribution in [2.45, 2.75) is 0 Å². The molecule has 0 atom stereocenters. The number of halogens is 3. The van der Waals surface area contributed by atoms with Gasteiger partial charge in [-0.25, -0.2) is 9.18 Å². The van der Waals surface area contributed by atoms with Gasteiger partial charge >= 0.3 is 11.7 Å². The molecular formula is C8H4ClF2NO4. The zero-order valence-corrected chi connectivity index (χ0v) is 8.55. The van der Waals surface area contributed by atoms with Crippen molar-refractivity contribution in [1.82, 2.24) is 0 Å². The van der Waals surface area contributed by atoms with Crippen molar-refractivity contribution in [1.29, 1.82) is 0 Å². The number of nitro benzene ring substituents is 1. The highest BCUT2D eigenvalue weighted by atomic mass is 35.5. The average Bonchev–Trinajstić information content (AvgIpc) is 2.22. The van der Waals surface area contributed by atoms with E-state index in [1.807, 2.05) is 0 Å². The third kappa shape index (κ3) is 1.94. The molecule has 0 aliphatic rings. The van der Waals surface area contributed by atoms with Gasteiger partial charge in [-0.3, -0.25) is 10.1 Å². The Morgan fingerprint density at radius 1 is 1.56 bits per heavy atom. The van der Waals surface area contributed by atoms with Crippen LogP contribution in [0, 0.1) is 21.7 Å². The van der Waals surface area contributed by atoms with Crippen LogP contribution in [0.5, 0.6) is 0 Å². The molecular weight excluding hydrogens is 248 g/mol. The van der Waals surface area contributed by atoms with E-state index in [1.54, 1.807) is 0 Å². The summed E-state index contributed by atoms with van der Waals surface area (Å²) in [6.45, 7) is 0. The lowest BCUT2D eigenvalue weighted by molar-refractivity contribution is -0.387. The molecule has 0 saturated heterocycles. The summed E-state index contributed by atoms with van der Waals surface area (Å²) in [5.41, 5.74) is -1.89. The fourth-order valence-corrected chi connectivity index (χ4v) is 1.29. The number of rotatable bonds is 2. The van der Waals surface area contributed by atoms with E-state index in [4.69, 9.17) is 11.6 Å². The minimum absolute atomic E-state index is 0.441. The summed E-state index contributed by atoms with van der Waals surface area (Å²) < 4.78 is 30.1. The second kappa shape index (κ2) is 4.40. The summed E-state index contributed by atoms with van der Waals surface area (Å²) in [6.07, 6.45) is 0. The van der Waals surface area contributed by atoms with Crippen LogP contribution in [0.1, 0.15) is 10.4 Å². The van der Waals surface area contributed by atoms with Gasteiger partial charge in [-0.15, -0.1) is 0 Å². The highest BCUT2D eigenvalue weighted by Gasteiger charge is 2.29. The van der Waals surface area contributed by atoms with Crippen molar-refractivity contribution < 1.29 is 23.2 Å². The highest BCUT2D eigenvalue weighted by Crippen LogP contribution is 2.32. The summed E-state index contributed by atoms with van der Waals surface area (Å²) in [6, 6.07) is 0.441. The molecule has 0 amide bonds. The number of nitrogens with zero attached hydrogens (tertiary/aromatic N) is 1. The Morgan fingerprint density at radius 3 is 2.56 bits per heavy atom. The molecule has 0 fully saturated rings. The van der Waals surface area contributed by atoms with Crippen LogP contribution in [0.15, 0.2) is 6.07 Å². The van der Waals surface area contributed by atoms with Crippen molar-refractivity contribution in [3.8, 4) is 0 Å². The molecule has 0 spiro atoms. The normalized spacial score (nSPS) is 10.0. The minimum Gasteiger partial charge on any atom is -0.465 e. The van der Waals surface area contributed by atoms with Gasteiger partial charge in [0, 0.05) is 0 Å². The van der Waals surface area contributed by atoms with Crippen molar-refractivity contribution in [2.24, 2.45) is 0 Å². The average molecular weight is 252 g/mol. The Kier molecular flexibility index (Phi) is 3.38. The number of hydrogen-bond donors (Lipinski definition) is 0. The molecule has 0 aromatic heterocycles. The standard InChI is InChI=1S/C8H4ClF2NO4/c1-16-8(13)3-2-4(10)6(11)7(5(3)9)12(14)15/h2H,1H3. The smallest absolute Gasteiger partial charge is 0.339 e. The van der Waals surface area contributed by atoms with E-state index >= 15 is 0 Å². The number of esters is 1. The Hall–Kier alpha value is -1.76. The molecule has 8 heteroatoms. The molecule has 5 nitrogen and oxygen atoms in total. The quantitative estimate of drug-likeness (QED) is 0.350. The van der Waals surface area contributed by atoms with Crippen LogP contribution in [-0.4, -0.2) is 18.0 Å². The first-order chi connectivity index (χ1) is 7.40. The number of carbonyl (C=O) groups excluding carboxylic acids is 1. The fraction of sp³-hybridized carbons (Fsp3) is 0.125. The first-order valence-corrected chi connectivity index (χ1v) is 4.18. The van der Waals surface area contributed by atoms with E-state index in [1.165, 1.54) is 0 Å². The van der Waals surface area contributed by atoms with Gasteiger partial charge in [-0.05, 0) is 6.07 Å². The monoisotopic (exact) mass is 251 g/mol. The Balaban J connectivity index is 3.56. The summed E-state index contributed by atoms with van der Waals surface area (Å²) in [5, 5.41) is 9.62. The van der Waals surface area contributed by atoms with Crippen LogP contribution in [0.25, 0.3) is 0 Å². The maximum Gasteiger partial charge on any atom is 0.339 e. The van der Waals surface area contributed by atoms with Gasteiger partial charge in [0.1, 0.15) is 5.02 Å². The summed E-state index contributed by atoms with van der Waals surface area (Å²) in [4.78, 5) is 20.3. The highest BCUT2D eigenvalue weighted by molar-refractivity contribution is 6.35. The maximum absolute atomic E-state index is 13.0. The molecule has 0 unspecified atom stereocenters. The fourth-order valence-electron chi connectivity index (χ4n) is 1.01. The first-order valence-electron chi connectivity index (χ1n) is 3.80. The molecule has 16 heavy (non-hydrogen) atoms. The van der Waals surface area contributed by atoms with E-state index in [0.717, 1.165) is 7.11 Å². The maximum atomic E-state index is 13.0. The van der Waals surface area contributed by atoms with E-state index in [9.17, 15) is 23.7 Å². The number of nitro groups is 1. The van der Waals surface area contributed by atoms with Crippen LogP contribution in [0.3, 0.4) is 0 Å². The number of hydrogen-bond acceptors (Lipinski definition) is 4. The van der Waals surface area contributed by atoms with Gasteiger partial charge in [0.05, 0.1) is 17.6 Å². The summed E-state index contributed by atoms with van der Waals surface area (Å²) >= 11 is 5.41. The molecule has 0 aliphatic heterocycles. The lowest BCUT2D eigenvalue weighted by Crippen LogP contribution is -2.07. The Morgan fingerprint density at radius 2 is 2.12 bits per heavy atom.